The summed E-state index contributed by atoms with van der Waals surface area (Å²) in [6.07, 6.45) is 4.21. The number of hydrogen-bond donors (Lipinski definition) is 1. The van der Waals surface area contributed by atoms with Crippen LogP contribution in [0.5, 0.6) is 0 Å². The van der Waals surface area contributed by atoms with Gasteiger partial charge in [-0.2, -0.15) is 0 Å². The van der Waals surface area contributed by atoms with Crippen LogP contribution in [0.3, 0.4) is 0 Å². The Morgan fingerprint density at radius 1 is 1.10 bits per heavy atom. The third kappa shape index (κ3) is 3.79. The lowest BCUT2D eigenvalue weighted by molar-refractivity contribution is -0.138. The Balaban J connectivity index is 1.72. The van der Waals surface area contributed by atoms with Gasteiger partial charge in [0.25, 0.3) is 0 Å². The molecule has 2 unspecified atom stereocenters. The Morgan fingerprint density at radius 3 is 2.50 bits per heavy atom. The number of halogens is 2. The van der Waals surface area contributed by atoms with Gasteiger partial charge in [0.2, 0.25) is 5.91 Å². The lowest BCUT2D eigenvalue weighted by Crippen LogP contribution is -2.48. The van der Waals surface area contributed by atoms with Gasteiger partial charge in [0, 0.05) is 24.1 Å². The van der Waals surface area contributed by atoms with Gasteiger partial charge in [-0.05, 0) is 61.7 Å². The number of benzene rings is 2. The highest BCUT2D eigenvalue weighted by Gasteiger charge is 2.46. The van der Waals surface area contributed by atoms with Crippen molar-refractivity contribution in [1.29, 1.82) is 0 Å². The van der Waals surface area contributed by atoms with Crippen molar-refractivity contribution in [1.82, 2.24) is 10.2 Å². The molecule has 0 spiro atoms. The Hall–Kier alpha value is -2.53. The van der Waals surface area contributed by atoms with Crippen molar-refractivity contribution >= 4 is 11.5 Å². The summed E-state index contributed by atoms with van der Waals surface area (Å²) in [4.78, 5) is 15.5. The summed E-state index contributed by atoms with van der Waals surface area (Å²) >= 11 is 0. The van der Waals surface area contributed by atoms with E-state index >= 15 is 0 Å². The van der Waals surface area contributed by atoms with Crippen LogP contribution >= 0.6 is 0 Å². The zero-order chi connectivity index (χ0) is 21.3. The molecule has 158 valence electrons. The normalized spacial score (nSPS) is 24.5. The number of rotatable bonds is 4. The van der Waals surface area contributed by atoms with Crippen LogP contribution in [0.4, 0.5) is 8.78 Å². The number of hydrogen-bond acceptors (Lipinski definition) is 2. The molecular formula is C25H28F2N2O. The van der Waals surface area contributed by atoms with Gasteiger partial charge >= 0.3 is 0 Å². The van der Waals surface area contributed by atoms with Crippen LogP contribution in [0.15, 0.2) is 54.6 Å². The molecule has 3 nitrogen and oxygen atoms in total. The van der Waals surface area contributed by atoms with Crippen molar-refractivity contribution in [3.05, 3.63) is 77.4 Å². The maximum atomic E-state index is 14.5. The van der Waals surface area contributed by atoms with Crippen molar-refractivity contribution in [3.63, 3.8) is 0 Å². The minimum Gasteiger partial charge on any atom is -0.342 e. The minimum atomic E-state index is -0.590. The summed E-state index contributed by atoms with van der Waals surface area (Å²) in [7, 11) is 1.88. The molecule has 1 amide bonds. The topological polar surface area (TPSA) is 32.3 Å². The molecule has 1 aliphatic carbocycles. The van der Waals surface area contributed by atoms with Crippen LogP contribution in [0.2, 0.25) is 0 Å². The van der Waals surface area contributed by atoms with Crippen LogP contribution in [-0.4, -0.2) is 37.0 Å². The van der Waals surface area contributed by atoms with Crippen LogP contribution in [0.25, 0.3) is 5.57 Å². The van der Waals surface area contributed by atoms with E-state index in [1.54, 1.807) is 0 Å². The van der Waals surface area contributed by atoms with Crippen LogP contribution in [-0.2, 0) is 10.2 Å². The Kier molecular flexibility index (Phi) is 5.74. The highest BCUT2D eigenvalue weighted by Crippen LogP contribution is 2.48. The van der Waals surface area contributed by atoms with Gasteiger partial charge in [-0.15, -0.1) is 0 Å². The molecule has 0 aromatic heterocycles. The second kappa shape index (κ2) is 8.31. The Morgan fingerprint density at radius 2 is 1.80 bits per heavy atom. The van der Waals surface area contributed by atoms with E-state index in [9.17, 15) is 13.6 Å². The van der Waals surface area contributed by atoms with E-state index < -0.39 is 17.0 Å². The summed E-state index contributed by atoms with van der Waals surface area (Å²) in [5.41, 5.74) is 1.36. The van der Waals surface area contributed by atoms with Crippen molar-refractivity contribution in [3.8, 4) is 0 Å². The molecule has 2 atom stereocenters. The molecule has 1 heterocycles. The SMILES string of the molecule is CN(C(=O)C1CC(c2cc(F)ccc2F)=CC1(C)c1ccccc1)C1CCNCC1. The van der Waals surface area contributed by atoms with Gasteiger partial charge < -0.3 is 10.2 Å². The van der Waals surface area contributed by atoms with Crippen LogP contribution < -0.4 is 5.32 Å². The first-order valence-corrected chi connectivity index (χ1v) is 10.6. The fourth-order valence-corrected chi connectivity index (χ4v) is 4.93. The smallest absolute Gasteiger partial charge is 0.227 e. The average Bonchev–Trinajstić information content (AvgIpc) is 3.14. The highest BCUT2D eigenvalue weighted by atomic mass is 19.1. The van der Waals surface area contributed by atoms with Crippen molar-refractivity contribution in [2.75, 3.05) is 20.1 Å². The second-order valence-corrected chi connectivity index (χ2v) is 8.63. The van der Waals surface area contributed by atoms with Gasteiger partial charge in [0.05, 0.1) is 5.92 Å². The second-order valence-electron chi connectivity index (χ2n) is 8.63. The molecule has 5 heteroatoms. The molecule has 2 aromatic rings. The average molecular weight is 411 g/mol. The predicted molar refractivity (Wildman–Crippen MR) is 115 cm³/mol. The van der Waals surface area contributed by atoms with Gasteiger partial charge in [-0.1, -0.05) is 43.3 Å². The van der Waals surface area contributed by atoms with Crippen molar-refractivity contribution in [2.24, 2.45) is 5.92 Å². The molecule has 4 rings (SSSR count). The first-order valence-electron chi connectivity index (χ1n) is 10.6. The number of nitrogens with zero attached hydrogens (tertiary/aromatic N) is 1. The van der Waals surface area contributed by atoms with Crippen molar-refractivity contribution < 1.29 is 13.6 Å². The van der Waals surface area contributed by atoms with E-state index in [4.69, 9.17) is 0 Å². The van der Waals surface area contributed by atoms with Crippen molar-refractivity contribution in [2.45, 2.75) is 37.6 Å². The summed E-state index contributed by atoms with van der Waals surface area (Å²) < 4.78 is 28.4. The highest BCUT2D eigenvalue weighted by molar-refractivity contribution is 5.87. The first kappa shape index (κ1) is 20.7. The minimum absolute atomic E-state index is 0.0660. The predicted octanol–water partition coefficient (Wildman–Crippen LogP) is 4.54. The zero-order valence-electron chi connectivity index (χ0n) is 17.5. The number of carbonyl (C=O) groups is 1. The lowest BCUT2D eigenvalue weighted by Gasteiger charge is -2.38. The van der Waals surface area contributed by atoms with E-state index in [-0.39, 0.29) is 23.4 Å². The van der Waals surface area contributed by atoms with Gasteiger partial charge in [-0.3, -0.25) is 4.79 Å². The van der Waals surface area contributed by atoms with Crippen LogP contribution in [0.1, 0.15) is 37.3 Å². The standard InChI is InChI=1S/C25H28F2N2O/c1-25(18-6-4-3-5-7-18)16-17(21-15-19(26)8-9-23(21)27)14-22(25)24(30)29(2)20-10-12-28-13-11-20/h3-9,15-16,20,22,28H,10-14H2,1-2H3. The number of piperidine rings is 1. The lowest BCUT2D eigenvalue weighted by atomic mass is 9.73. The molecule has 0 bridgehead atoms. The molecule has 1 aliphatic heterocycles. The monoisotopic (exact) mass is 410 g/mol. The zero-order valence-corrected chi connectivity index (χ0v) is 17.5. The Labute approximate surface area is 176 Å². The summed E-state index contributed by atoms with van der Waals surface area (Å²) in [5.74, 6) is -1.23. The summed E-state index contributed by atoms with van der Waals surface area (Å²) in [6, 6.07) is 13.6. The third-order valence-electron chi connectivity index (χ3n) is 6.79. The third-order valence-corrected chi connectivity index (χ3v) is 6.79. The molecule has 0 saturated carbocycles. The number of amides is 1. The van der Waals surface area contributed by atoms with Gasteiger partial charge in [0.15, 0.2) is 0 Å². The maximum absolute atomic E-state index is 14.5. The summed E-state index contributed by atoms with van der Waals surface area (Å²) in [6.45, 7) is 3.84. The Bertz CT molecular complexity index is 953. The largest absolute Gasteiger partial charge is 0.342 e. The fourth-order valence-electron chi connectivity index (χ4n) is 4.93. The van der Waals surface area contributed by atoms with Crippen LogP contribution in [0, 0.1) is 17.6 Å². The molecule has 30 heavy (non-hydrogen) atoms. The number of carbonyl (C=O) groups excluding carboxylic acids is 1. The van der Waals surface area contributed by atoms with Gasteiger partial charge in [-0.25, -0.2) is 8.78 Å². The number of nitrogens with one attached hydrogen (secondary N) is 1. The molecule has 2 aliphatic rings. The van der Waals surface area contributed by atoms with E-state index in [0.717, 1.165) is 43.6 Å². The molecule has 2 aromatic carbocycles. The van der Waals surface area contributed by atoms with E-state index in [1.807, 2.05) is 55.3 Å². The number of allylic oxidation sites excluding steroid dienone is 2. The molecule has 1 fully saturated rings. The summed E-state index contributed by atoms with van der Waals surface area (Å²) in [5, 5.41) is 3.33. The molecule has 1 saturated heterocycles. The van der Waals surface area contributed by atoms with Gasteiger partial charge in [0.1, 0.15) is 11.6 Å². The quantitative estimate of drug-likeness (QED) is 0.803. The molecule has 1 N–H and O–H groups in total. The fraction of sp³-hybridized carbons (Fsp3) is 0.400. The molecular weight excluding hydrogens is 382 g/mol. The van der Waals surface area contributed by atoms with E-state index in [0.29, 0.717) is 12.0 Å². The molecule has 0 radical (unpaired) electrons. The van der Waals surface area contributed by atoms with E-state index in [1.165, 1.54) is 6.07 Å². The maximum Gasteiger partial charge on any atom is 0.227 e. The van der Waals surface area contributed by atoms with E-state index in [2.05, 4.69) is 5.32 Å². The first-order chi connectivity index (χ1) is 14.4.